The summed E-state index contributed by atoms with van der Waals surface area (Å²) in [6.45, 7) is 3.91. The number of nitrogens with one attached hydrogen (secondary N) is 3. The number of rotatable bonds is 3. The molecule has 0 unspecified atom stereocenters. The molecule has 2 aromatic rings. The molecule has 0 fully saturated rings. The fourth-order valence-electron chi connectivity index (χ4n) is 2.37. The average molecular weight is 295 g/mol. The van der Waals surface area contributed by atoms with E-state index in [-0.39, 0.29) is 6.03 Å². The van der Waals surface area contributed by atoms with E-state index in [1.807, 2.05) is 18.2 Å². The summed E-state index contributed by atoms with van der Waals surface area (Å²) in [4.78, 5) is 12.0. The molecule has 5 heteroatoms. The van der Waals surface area contributed by atoms with Crippen LogP contribution in [-0.2, 0) is 6.42 Å². The third-order valence-electron chi connectivity index (χ3n) is 3.43. The van der Waals surface area contributed by atoms with Crippen LogP contribution in [0.1, 0.15) is 5.56 Å². The molecule has 1 aliphatic heterocycles. The lowest BCUT2D eigenvalue weighted by Crippen LogP contribution is -2.19. The highest BCUT2D eigenvalue weighted by molar-refractivity contribution is 6.00. The van der Waals surface area contributed by atoms with Gasteiger partial charge in [0, 0.05) is 29.2 Å². The molecule has 0 saturated carbocycles. The summed E-state index contributed by atoms with van der Waals surface area (Å²) in [6.07, 6.45) is 0.783. The number of amides is 2. The van der Waals surface area contributed by atoms with Crippen LogP contribution in [-0.4, -0.2) is 13.1 Å². The Morgan fingerprint density at radius 2 is 1.82 bits per heavy atom. The SMILES string of the molecule is C=C1Cc2cc(NC(=O)Nc3ccc(OC)cc3)ccc2N1. The number of allylic oxidation sites excluding steroid dienone is 1. The second kappa shape index (κ2) is 5.81. The van der Waals surface area contributed by atoms with E-state index < -0.39 is 0 Å². The number of anilines is 3. The first-order chi connectivity index (χ1) is 10.6. The largest absolute Gasteiger partial charge is 0.497 e. The van der Waals surface area contributed by atoms with Crippen LogP contribution in [0.15, 0.2) is 54.7 Å². The minimum atomic E-state index is -0.283. The minimum Gasteiger partial charge on any atom is -0.497 e. The Bertz CT molecular complexity index is 723. The summed E-state index contributed by atoms with van der Waals surface area (Å²) < 4.78 is 5.08. The van der Waals surface area contributed by atoms with E-state index >= 15 is 0 Å². The van der Waals surface area contributed by atoms with E-state index in [9.17, 15) is 4.79 Å². The van der Waals surface area contributed by atoms with Gasteiger partial charge in [-0.3, -0.25) is 0 Å². The number of benzene rings is 2. The second-order valence-electron chi connectivity index (χ2n) is 5.08. The molecule has 22 heavy (non-hydrogen) atoms. The topological polar surface area (TPSA) is 62.4 Å². The van der Waals surface area contributed by atoms with Crippen LogP contribution in [0.5, 0.6) is 5.75 Å². The van der Waals surface area contributed by atoms with Gasteiger partial charge in [-0.15, -0.1) is 0 Å². The number of methoxy groups -OCH3 is 1. The molecular weight excluding hydrogens is 278 g/mol. The van der Waals surface area contributed by atoms with Crippen molar-refractivity contribution in [2.24, 2.45) is 0 Å². The molecule has 0 spiro atoms. The predicted octanol–water partition coefficient (Wildman–Crippen LogP) is 3.82. The van der Waals surface area contributed by atoms with Gasteiger partial charge in [0.05, 0.1) is 7.11 Å². The smallest absolute Gasteiger partial charge is 0.323 e. The van der Waals surface area contributed by atoms with Crippen molar-refractivity contribution in [1.82, 2.24) is 0 Å². The summed E-state index contributed by atoms with van der Waals surface area (Å²) in [5.74, 6) is 0.748. The van der Waals surface area contributed by atoms with E-state index in [0.717, 1.165) is 34.8 Å². The quantitative estimate of drug-likeness (QED) is 0.806. The van der Waals surface area contributed by atoms with Crippen LogP contribution in [0.4, 0.5) is 21.9 Å². The number of carbonyl (C=O) groups is 1. The van der Waals surface area contributed by atoms with E-state index in [0.29, 0.717) is 5.69 Å². The van der Waals surface area contributed by atoms with Crippen molar-refractivity contribution >= 4 is 23.1 Å². The summed E-state index contributed by atoms with van der Waals surface area (Å²) in [7, 11) is 1.60. The van der Waals surface area contributed by atoms with Crippen LogP contribution >= 0.6 is 0 Å². The van der Waals surface area contributed by atoms with Gasteiger partial charge >= 0.3 is 6.03 Å². The zero-order valence-corrected chi connectivity index (χ0v) is 12.3. The van der Waals surface area contributed by atoms with Crippen LogP contribution in [0.25, 0.3) is 0 Å². The Morgan fingerprint density at radius 1 is 1.14 bits per heavy atom. The lowest BCUT2D eigenvalue weighted by atomic mass is 10.1. The molecule has 0 saturated heterocycles. The van der Waals surface area contributed by atoms with E-state index in [1.54, 1.807) is 31.4 Å². The van der Waals surface area contributed by atoms with Crippen LogP contribution in [0.2, 0.25) is 0 Å². The Morgan fingerprint density at radius 3 is 2.55 bits per heavy atom. The Labute approximate surface area is 129 Å². The number of urea groups is 1. The van der Waals surface area contributed by atoms with E-state index in [2.05, 4.69) is 22.5 Å². The van der Waals surface area contributed by atoms with Gasteiger partial charge in [0.25, 0.3) is 0 Å². The van der Waals surface area contributed by atoms with Gasteiger partial charge in [0.15, 0.2) is 0 Å². The van der Waals surface area contributed by atoms with Crippen molar-refractivity contribution < 1.29 is 9.53 Å². The molecule has 2 amide bonds. The lowest BCUT2D eigenvalue weighted by molar-refractivity contribution is 0.262. The number of fused-ring (bicyclic) bond motifs is 1. The van der Waals surface area contributed by atoms with Gasteiger partial charge in [0.1, 0.15) is 5.75 Å². The molecule has 1 heterocycles. The highest BCUT2D eigenvalue weighted by atomic mass is 16.5. The molecule has 3 rings (SSSR count). The van der Waals surface area contributed by atoms with Gasteiger partial charge in [-0.2, -0.15) is 0 Å². The Balaban J connectivity index is 1.64. The summed E-state index contributed by atoms with van der Waals surface area (Å²) >= 11 is 0. The number of carbonyl (C=O) groups excluding carboxylic acids is 1. The Kier molecular flexibility index (Phi) is 3.70. The van der Waals surface area contributed by atoms with Gasteiger partial charge in [-0.1, -0.05) is 6.58 Å². The minimum absolute atomic E-state index is 0.283. The first-order valence-corrected chi connectivity index (χ1v) is 6.94. The molecule has 1 aliphatic rings. The normalized spacial score (nSPS) is 12.3. The van der Waals surface area contributed by atoms with E-state index in [4.69, 9.17) is 4.74 Å². The van der Waals surface area contributed by atoms with Crippen molar-refractivity contribution in [2.45, 2.75) is 6.42 Å². The molecule has 0 aromatic heterocycles. The van der Waals surface area contributed by atoms with Crippen molar-refractivity contribution in [3.05, 3.63) is 60.3 Å². The molecule has 0 aliphatic carbocycles. The van der Waals surface area contributed by atoms with Crippen molar-refractivity contribution in [3.8, 4) is 5.75 Å². The fourth-order valence-corrected chi connectivity index (χ4v) is 2.37. The van der Waals surface area contributed by atoms with Gasteiger partial charge in [-0.25, -0.2) is 4.79 Å². The maximum absolute atomic E-state index is 12.0. The molecule has 2 aromatic carbocycles. The molecule has 3 N–H and O–H groups in total. The highest BCUT2D eigenvalue weighted by Crippen LogP contribution is 2.29. The number of hydrogen-bond donors (Lipinski definition) is 3. The standard InChI is InChI=1S/C17H17N3O2/c1-11-9-12-10-14(5-8-16(12)18-11)20-17(21)19-13-3-6-15(22-2)7-4-13/h3-8,10,18H,1,9H2,2H3,(H2,19,20,21). The second-order valence-corrected chi connectivity index (χ2v) is 5.08. The molecular formula is C17H17N3O2. The third kappa shape index (κ3) is 3.03. The van der Waals surface area contributed by atoms with Crippen molar-refractivity contribution in [1.29, 1.82) is 0 Å². The predicted molar refractivity (Wildman–Crippen MR) is 88.5 cm³/mol. The van der Waals surface area contributed by atoms with Gasteiger partial charge < -0.3 is 20.7 Å². The summed E-state index contributed by atoms with van der Waals surface area (Å²) in [5, 5.41) is 8.80. The average Bonchev–Trinajstić information content (AvgIpc) is 2.87. The maximum atomic E-state index is 12.0. The zero-order valence-electron chi connectivity index (χ0n) is 12.3. The molecule has 112 valence electrons. The summed E-state index contributed by atoms with van der Waals surface area (Å²) in [5.41, 5.74) is 4.60. The Hall–Kier alpha value is -2.95. The zero-order chi connectivity index (χ0) is 15.5. The first-order valence-electron chi connectivity index (χ1n) is 6.94. The molecule has 0 radical (unpaired) electrons. The van der Waals surface area contributed by atoms with Crippen molar-refractivity contribution in [2.75, 3.05) is 23.1 Å². The number of hydrogen-bond acceptors (Lipinski definition) is 3. The first kappa shape index (κ1) is 14.0. The van der Waals surface area contributed by atoms with Gasteiger partial charge in [-0.05, 0) is 48.0 Å². The van der Waals surface area contributed by atoms with Crippen LogP contribution in [0, 0.1) is 0 Å². The van der Waals surface area contributed by atoms with Crippen molar-refractivity contribution in [3.63, 3.8) is 0 Å². The molecule has 5 nitrogen and oxygen atoms in total. The monoisotopic (exact) mass is 295 g/mol. The third-order valence-corrected chi connectivity index (χ3v) is 3.43. The highest BCUT2D eigenvalue weighted by Gasteiger charge is 2.14. The van der Waals surface area contributed by atoms with E-state index in [1.165, 1.54) is 0 Å². The molecule has 0 bridgehead atoms. The maximum Gasteiger partial charge on any atom is 0.323 e. The van der Waals surface area contributed by atoms with Crippen LogP contribution in [0.3, 0.4) is 0 Å². The lowest BCUT2D eigenvalue weighted by Gasteiger charge is -2.09. The fraction of sp³-hybridized carbons (Fsp3) is 0.118. The number of ether oxygens (including phenoxy) is 1. The summed E-state index contributed by atoms with van der Waals surface area (Å²) in [6, 6.07) is 12.6. The van der Waals surface area contributed by atoms with Crippen LogP contribution < -0.4 is 20.7 Å². The van der Waals surface area contributed by atoms with Gasteiger partial charge in [0.2, 0.25) is 0 Å². The molecule has 0 atom stereocenters.